The predicted octanol–water partition coefficient (Wildman–Crippen LogP) is 3.30. The zero-order valence-corrected chi connectivity index (χ0v) is 15.3. The molecule has 0 bridgehead atoms. The molecule has 2 aromatic rings. The summed E-state index contributed by atoms with van der Waals surface area (Å²) in [6.07, 6.45) is 0. The van der Waals surface area contributed by atoms with E-state index < -0.39 is 11.8 Å². The number of amides is 2. The van der Waals surface area contributed by atoms with Crippen LogP contribution in [0.25, 0.3) is 0 Å². The minimum absolute atomic E-state index is 0.381. The van der Waals surface area contributed by atoms with Crippen LogP contribution in [0, 0.1) is 6.92 Å². The van der Waals surface area contributed by atoms with E-state index in [-0.39, 0.29) is 0 Å². The number of ether oxygens (including phenoxy) is 1. The molecule has 2 amide bonds. The molecule has 2 N–H and O–H groups in total. The summed E-state index contributed by atoms with van der Waals surface area (Å²) in [6, 6.07) is 10.4. The second-order valence-electron chi connectivity index (χ2n) is 5.65. The van der Waals surface area contributed by atoms with Crippen molar-refractivity contribution < 1.29 is 14.3 Å². The fourth-order valence-electron chi connectivity index (χ4n) is 2.16. The number of hydrogen-bond donors (Lipinski definition) is 2. The maximum Gasteiger partial charge on any atom is 0.314 e. The van der Waals surface area contributed by atoms with Crippen molar-refractivity contribution in [2.75, 3.05) is 36.7 Å². The fraction of sp³-hybridized carbons (Fsp3) is 0.222. The third kappa shape index (κ3) is 4.64. The lowest BCUT2D eigenvalue weighted by molar-refractivity contribution is -0.133. The van der Waals surface area contributed by atoms with Crippen molar-refractivity contribution in [3.63, 3.8) is 0 Å². The number of carbonyl (C=O) groups excluding carboxylic acids is 2. The number of hydrogen-bond acceptors (Lipinski definition) is 4. The molecule has 6 nitrogen and oxygen atoms in total. The van der Waals surface area contributed by atoms with Crippen LogP contribution in [0.4, 0.5) is 17.1 Å². The van der Waals surface area contributed by atoms with E-state index >= 15 is 0 Å². The molecular formula is C18H20ClN3O3. The number of benzene rings is 2. The monoisotopic (exact) mass is 361 g/mol. The molecule has 0 saturated heterocycles. The first-order chi connectivity index (χ1) is 11.8. The Hall–Kier alpha value is -2.73. The second-order valence-corrected chi connectivity index (χ2v) is 6.06. The highest BCUT2D eigenvalue weighted by molar-refractivity contribution is 6.44. The predicted molar refractivity (Wildman–Crippen MR) is 101 cm³/mol. The first-order valence-corrected chi connectivity index (χ1v) is 7.93. The van der Waals surface area contributed by atoms with Gasteiger partial charge in [-0.2, -0.15) is 0 Å². The Morgan fingerprint density at radius 3 is 2.40 bits per heavy atom. The molecule has 0 saturated carbocycles. The van der Waals surface area contributed by atoms with Gasteiger partial charge in [-0.1, -0.05) is 17.7 Å². The molecule has 25 heavy (non-hydrogen) atoms. The molecule has 0 aliphatic rings. The number of anilines is 3. The van der Waals surface area contributed by atoms with Gasteiger partial charge in [0.2, 0.25) is 0 Å². The van der Waals surface area contributed by atoms with E-state index in [1.54, 1.807) is 37.3 Å². The van der Waals surface area contributed by atoms with Gasteiger partial charge in [-0.15, -0.1) is 0 Å². The summed E-state index contributed by atoms with van der Waals surface area (Å²) in [4.78, 5) is 26.2. The second kappa shape index (κ2) is 7.90. The van der Waals surface area contributed by atoms with Gasteiger partial charge in [0.05, 0.1) is 12.8 Å². The van der Waals surface area contributed by atoms with Gasteiger partial charge >= 0.3 is 11.8 Å². The van der Waals surface area contributed by atoms with Crippen LogP contribution in [0.1, 0.15) is 5.56 Å². The van der Waals surface area contributed by atoms with Crippen LogP contribution in [0.5, 0.6) is 5.75 Å². The normalized spacial score (nSPS) is 10.1. The number of carbonyl (C=O) groups is 2. The van der Waals surface area contributed by atoms with Crippen LogP contribution in [0.2, 0.25) is 5.02 Å². The summed E-state index contributed by atoms with van der Waals surface area (Å²) in [5.41, 5.74) is 2.59. The van der Waals surface area contributed by atoms with Crippen LogP contribution in [0.3, 0.4) is 0 Å². The molecule has 2 rings (SSSR count). The smallest absolute Gasteiger partial charge is 0.314 e. The zero-order chi connectivity index (χ0) is 18.6. The maximum absolute atomic E-state index is 12.2. The molecule has 0 aromatic heterocycles. The first-order valence-electron chi connectivity index (χ1n) is 7.55. The van der Waals surface area contributed by atoms with Crippen molar-refractivity contribution in [3.05, 3.63) is 47.0 Å². The molecule has 0 aliphatic carbocycles. The highest BCUT2D eigenvalue weighted by atomic mass is 35.5. The zero-order valence-electron chi connectivity index (χ0n) is 14.5. The van der Waals surface area contributed by atoms with Gasteiger partial charge in [-0.05, 0) is 36.8 Å². The molecule has 0 radical (unpaired) electrons. The van der Waals surface area contributed by atoms with E-state index in [1.807, 2.05) is 25.1 Å². The summed E-state index contributed by atoms with van der Waals surface area (Å²) in [7, 11) is 5.25. The van der Waals surface area contributed by atoms with Crippen molar-refractivity contribution in [3.8, 4) is 5.75 Å². The summed E-state index contributed by atoms with van der Waals surface area (Å²) < 4.78 is 5.19. The molecule has 0 aliphatic heterocycles. The van der Waals surface area contributed by atoms with Crippen LogP contribution in [0.15, 0.2) is 36.4 Å². The molecule has 7 heteroatoms. The topological polar surface area (TPSA) is 70.7 Å². The Kier molecular flexibility index (Phi) is 5.88. The van der Waals surface area contributed by atoms with Crippen LogP contribution in [-0.2, 0) is 9.59 Å². The largest absolute Gasteiger partial charge is 0.495 e. The summed E-state index contributed by atoms with van der Waals surface area (Å²) in [6.45, 7) is 1.80. The Morgan fingerprint density at radius 2 is 1.76 bits per heavy atom. The van der Waals surface area contributed by atoms with Gasteiger partial charge < -0.3 is 20.3 Å². The molecule has 0 unspecified atom stereocenters. The third-order valence-corrected chi connectivity index (χ3v) is 3.96. The minimum Gasteiger partial charge on any atom is -0.495 e. The van der Waals surface area contributed by atoms with Gasteiger partial charge in [-0.3, -0.25) is 9.59 Å². The number of nitrogens with one attached hydrogen (secondary N) is 2. The summed E-state index contributed by atoms with van der Waals surface area (Å²) in [5, 5.41) is 5.63. The highest BCUT2D eigenvalue weighted by Gasteiger charge is 2.17. The number of rotatable bonds is 4. The van der Waals surface area contributed by atoms with Crippen LogP contribution in [-0.4, -0.2) is 33.0 Å². The van der Waals surface area contributed by atoms with Gasteiger partial charge in [0, 0.05) is 36.6 Å². The quantitative estimate of drug-likeness (QED) is 0.820. The van der Waals surface area contributed by atoms with Gasteiger partial charge in [-0.25, -0.2) is 0 Å². The van der Waals surface area contributed by atoms with E-state index in [0.29, 0.717) is 22.1 Å². The van der Waals surface area contributed by atoms with Gasteiger partial charge in [0.25, 0.3) is 0 Å². The van der Waals surface area contributed by atoms with Crippen molar-refractivity contribution in [1.29, 1.82) is 0 Å². The number of methoxy groups -OCH3 is 1. The van der Waals surface area contributed by atoms with E-state index in [1.165, 1.54) is 7.11 Å². The SMILES string of the molecule is COc1cc(Cl)c(C)cc1NC(=O)C(=O)Nc1cccc(N(C)C)c1. The lowest BCUT2D eigenvalue weighted by Crippen LogP contribution is -2.29. The van der Waals surface area contributed by atoms with Gasteiger partial charge in [0.1, 0.15) is 5.75 Å². The first kappa shape index (κ1) is 18.6. The van der Waals surface area contributed by atoms with E-state index in [0.717, 1.165) is 11.3 Å². The number of nitrogens with zero attached hydrogens (tertiary/aromatic N) is 1. The third-order valence-electron chi connectivity index (χ3n) is 3.56. The minimum atomic E-state index is -0.796. The van der Waals surface area contributed by atoms with E-state index in [4.69, 9.17) is 16.3 Å². The van der Waals surface area contributed by atoms with Crippen molar-refractivity contribution in [1.82, 2.24) is 0 Å². The Balaban J connectivity index is 2.12. The number of aryl methyl sites for hydroxylation is 1. The Bertz CT molecular complexity index is 806. The average Bonchev–Trinajstić information content (AvgIpc) is 2.58. The van der Waals surface area contributed by atoms with E-state index in [9.17, 15) is 9.59 Å². The lowest BCUT2D eigenvalue weighted by atomic mass is 10.2. The van der Waals surface area contributed by atoms with E-state index in [2.05, 4.69) is 10.6 Å². The molecular weight excluding hydrogens is 342 g/mol. The maximum atomic E-state index is 12.2. The molecule has 2 aromatic carbocycles. The molecule has 0 atom stereocenters. The van der Waals surface area contributed by atoms with Crippen molar-refractivity contribution in [2.24, 2.45) is 0 Å². The van der Waals surface area contributed by atoms with Crippen LogP contribution >= 0.6 is 11.6 Å². The standard InChI is InChI=1S/C18H20ClN3O3/c1-11-8-15(16(25-4)10-14(11)19)21-18(24)17(23)20-12-6-5-7-13(9-12)22(2)3/h5-10H,1-4H3,(H,20,23)(H,21,24). The lowest BCUT2D eigenvalue weighted by Gasteiger charge is -2.14. The average molecular weight is 362 g/mol. The summed E-state index contributed by atoms with van der Waals surface area (Å²) in [5.74, 6) is -1.19. The van der Waals surface area contributed by atoms with Crippen LogP contribution < -0.4 is 20.3 Å². The Morgan fingerprint density at radius 1 is 1.08 bits per heavy atom. The molecule has 0 heterocycles. The Labute approximate surface area is 151 Å². The van der Waals surface area contributed by atoms with Crippen molar-refractivity contribution >= 4 is 40.5 Å². The number of halogens is 1. The fourth-order valence-corrected chi connectivity index (χ4v) is 2.31. The molecule has 0 spiro atoms. The van der Waals surface area contributed by atoms with Crippen molar-refractivity contribution in [2.45, 2.75) is 6.92 Å². The van der Waals surface area contributed by atoms with Gasteiger partial charge in [0.15, 0.2) is 0 Å². The molecule has 132 valence electrons. The molecule has 0 fully saturated rings. The summed E-state index contributed by atoms with van der Waals surface area (Å²) >= 11 is 6.04. The highest BCUT2D eigenvalue weighted by Crippen LogP contribution is 2.30.